The van der Waals surface area contributed by atoms with Crippen LogP contribution in [0.1, 0.15) is 11.1 Å². The van der Waals surface area contributed by atoms with Gasteiger partial charge in [0.15, 0.2) is 0 Å². The number of aryl methyl sites for hydroxylation is 1. The first-order valence-electron chi connectivity index (χ1n) is 5.92. The molecule has 2 aromatic rings. The lowest BCUT2D eigenvalue weighted by Gasteiger charge is -2.10. The van der Waals surface area contributed by atoms with Crippen LogP contribution in [0.3, 0.4) is 0 Å². The van der Waals surface area contributed by atoms with Crippen LogP contribution in [0.4, 0.5) is 10.1 Å². The smallest absolute Gasteiger partial charge is 0.142 e. The van der Waals surface area contributed by atoms with Crippen molar-refractivity contribution in [3.63, 3.8) is 0 Å². The molecule has 0 spiro atoms. The van der Waals surface area contributed by atoms with Crippen molar-refractivity contribution in [1.29, 1.82) is 0 Å². The molecule has 0 atom stereocenters. The van der Waals surface area contributed by atoms with E-state index in [1.54, 1.807) is 19.2 Å². The molecule has 100 valence electrons. The molecule has 0 amide bonds. The molecule has 0 fully saturated rings. The minimum atomic E-state index is -0.396. The summed E-state index contributed by atoms with van der Waals surface area (Å²) in [4.78, 5) is 0. The normalized spacial score (nSPS) is 10.3. The molecular weight excluding hydrogens is 265 g/mol. The fraction of sp³-hybridized carbons (Fsp3) is 0.200. The van der Waals surface area contributed by atoms with E-state index in [0.717, 1.165) is 22.6 Å². The van der Waals surface area contributed by atoms with Gasteiger partial charge in [0.1, 0.15) is 11.6 Å². The van der Waals surface area contributed by atoms with Crippen molar-refractivity contribution in [2.75, 3.05) is 12.4 Å². The molecular formula is C15H15ClFNO. The van der Waals surface area contributed by atoms with E-state index in [4.69, 9.17) is 16.3 Å². The van der Waals surface area contributed by atoms with Gasteiger partial charge in [0, 0.05) is 12.2 Å². The van der Waals surface area contributed by atoms with E-state index in [2.05, 4.69) is 5.32 Å². The van der Waals surface area contributed by atoms with Gasteiger partial charge >= 0.3 is 0 Å². The van der Waals surface area contributed by atoms with Crippen molar-refractivity contribution in [1.82, 2.24) is 0 Å². The lowest BCUT2D eigenvalue weighted by atomic mass is 10.2. The van der Waals surface area contributed by atoms with E-state index in [0.29, 0.717) is 6.54 Å². The molecule has 0 radical (unpaired) electrons. The van der Waals surface area contributed by atoms with Gasteiger partial charge in [0.05, 0.1) is 12.1 Å². The highest BCUT2D eigenvalue weighted by atomic mass is 35.5. The van der Waals surface area contributed by atoms with Crippen LogP contribution in [-0.2, 0) is 6.54 Å². The maximum atomic E-state index is 13.3. The topological polar surface area (TPSA) is 21.3 Å². The number of benzene rings is 2. The van der Waals surface area contributed by atoms with E-state index in [9.17, 15) is 4.39 Å². The first kappa shape index (κ1) is 13.7. The molecule has 0 aromatic heterocycles. The summed E-state index contributed by atoms with van der Waals surface area (Å²) in [5.41, 5.74) is 2.86. The largest absolute Gasteiger partial charge is 0.496 e. The van der Waals surface area contributed by atoms with Crippen LogP contribution in [0.25, 0.3) is 0 Å². The summed E-state index contributed by atoms with van der Waals surface area (Å²) in [6.07, 6.45) is 0. The van der Waals surface area contributed by atoms with Gasteiger partial charge in [-0.25, -0.2) is 4.39 Å². The van der Waals surface area contributed by atoms with Crippen molar-refractivity contribution in [3.8, 4) is 5.75 Å². The molecule has 2 nitrogen and oxygen atoms in total. The van der Waals surface area contributed by atoms with Gasteiger partial charge in [-0.3, -0.25) is 0 Å². The minimum absolute atomic E-state index is 0.143. The molecule has 0 heterocycles. The molecule has 0 unspecified atom stereocenters. The molecule has 0 aliphatic carbocycles. The van der Waals surface area contributed by atoms with E-state index < -0.39 is 5.82 Å². The lowest BCUT2D eigenvalue weighted by Crippen LogP contribution is -2.00. The summed E-state index contributed by atoms with van der Waals surface area (Å²) in [5.74, 6) is 0.454. The van der Waals surface area contributed by atoms with Gasteiger partial charge in [-0.1, -0.05) is 17.7 Å². The van der Waals surface area contributed by atoms with Crippen LogP contribution in [-0.4, -0.2) is 7.11 Å². The highest BCUT2D eigenvalue weighted by Gasteiger charge is 2.02. The minimum Gasteiger partial charge on any atom is -0.496 e. The van der Waals surface area contributed by atoms with Crippen molar-refractivity contribution in [2.24, 2.45) is 0 Å². The van der Waals surface area contributed by atoms with E-state index in [1.807, 2.05) is 25.1 Å². The fourth-order valence-electron chi connectivity index (χ4n) is 1.84. The Balaban J connectivity index is 2.05. The summed E-state index contributed by atoms with van der Waals surface area (Å²) in [6.45, 7) is 2.52. The zero-order valence-electron chi connectivity index (χ0n) is 10.8. The molecule has 0 saturated carbocycles. The van der Waals surface area contributed by atoms with Crippen molar-refractivity contribution >= 4 is 17.3 Å². The highest BCUT2D eigenvalue weighted by Crippen LogP contribution is 2.22. The van der Waals surface area contributed by atoms with E-state index >= 15 is 0 Å². The maximum Gasteiger partial charge on any atom is 0.142 e. The van der Waals surface area contributed by atoms with Gasteiger partial charge in [0.2, 0.25) is 0 Å². The summed E-state index contributed by atoms with van der Waals surface area (Å²) < 4.78 is 18.5. The Bertz CT molecular complexity index is 586. The van der Waals surface area contributed by atoms with Gasteiger partial charge in [-0.15, -0.1) is 0 Å². The van der Waals surface area contributed by atoms with Crippen LogP contribution in [0.2, 0.25) is 5.02 Å². The van der Waals surface area contributed by atoms with Crippen LogP contribution in [0.15, 0.2) is 36.4 Å². The Kier molecular flexibility index (Phi) is 4.27. The van der Waals surface area contributed by atoms with Crippen molar-refractivity contribution in [2.45, 2.75) is 13.5 Å². The van der Waals surface area contributed by atoms with Gasteiger partial charge in [-0.05, 0) is 48.4 Å². The van der Waals surface area contributed by atoms with E-state index in [1.165, 1.54) is 6.07 Å². The second-order valence-corrected chi connectivity index (χ2v) is 4.69. The predicted molar refractivity (Wildman–Crippen MR) is 76.5 cm³/mol. The number of anilines is 1. The first-order valence-corrected chi connectivity index (χ1v) is 6.30. The Labute approximate surface area is 117 Å². The molecule has 0 aliphatic rings. The van der Waals surface area contributed by atoms with Crippen molar-refractivity contribution in [3.05, 3.63) is 58.4 Å². The molecule has 4 heteroatoms. The Hall–Kier alpha value is -1.74. The van der Waals surface area contributed by atoms with Gasteiger partial charge in [-0.2, -0.15) is 0 Å². The summed E-state index contributed by atoms with van der Waals surface area (Å²) in [5, 5.41) is 3.38. The third-order valence-electron chi connectivity index (χ3n) is 2.88. The maximum absolute atomic E-state index is 13.3. The second kappa shape index (κ2) is 5.93. The Morgan fingerprint density at radius 3 is 2.63 bits per heavy atom. The number of halogens is 2. The van der Waals surface area contributed by atoms with Gasteiger partial charge < -0.3 is 10.1 Å². The third kappa shape index (κ3) is 3.38. The SMILES string of the molecule is COc1ccc(NCc2ccc(Cl)c(F)c2)cc1C. The van der Waals surface area contributed by atoms with Crippen LogP contribution in [0.5, 0.6) is 5.75 Å². The highest BCUT2D eigenvalue weighted by molar-refractivity contribution is 6.30. The predicted octanol–water partition coefficient (Wildman–Crippen LogP) is 4.41. The fourth-order valence-corrected chi connectivity index (χ4v) is 1.96. The molecule has 19 heavy (non-hydrogen) atoms. The zero-order valence-corrected chi connectivity index (χ0v) is 11.6. The number of ether oxygens (including phenoxy) is 1. The van der Waals surface area contributed by atoms with E-state index in [-0.39, 0.29) is 5.02 Å². The average Bonchev–Trinajstić information content (AvgIpc) is 2.40. The number of hydrogen-bond donors (Lipinski definition) is 1. The molecule has 2 aromatic carbocycles. The zero-order chi connectivity index (χ0) is 13.8. The van der Waals surface area contributed by atoms with Crippen LogP contribution < -0.4 is 10.1 Å². The number of rotatable bonds is 4. The first-order chi connectivity index (χ1) is 9.10. The Morgan fingerprint density at radius 1 is 1.21 bits per heavy atom. The summed E-state index contributed by atoms with van der Waals surface area (Å²) in [7, 11) is 1.64. The standard InChI is InChI=1S/C15H15ClFNO/c1-10-7-12(4-6-15(10)19-2)18-9-11-3-5-13(16)14(17)8-11/h3-8,18H,9H2,1-2H3. The molecule has 0 bridgehead atoms. The number of nitrogens with one attached hydrogen (secondary N) is 1. The van der Waals surface area contributed by atoms with Gasteiger partial charge in [0.25, 0.3) is 0 Å². The molecule has 0 saturated heterocycles. The Morgan fingerprint density at radius 2 is 2.00 bits per heavy atom. The van der Waals surface area contributed by atoms with Crippen LogP contribution in [0, 0.1) is 12.7 Å². The third-order valence-corrected chi connectivity index (χ3v) is 3.18. The second-order valence-electron chi connectivity index (χ2n) is 4.29. The monoisotopic (exact) mass is 279 g/mol. The number of hydrogen-bond acceptors (Lipinski definition) is 2. The molecule has 0 aliphatic heterocycles. The average molecular weight is 280 g/mol. The van der Waals surface area contributed by atoms with Crippen molar-refractivity contribution < 1.29 is 9.13 Å². The molecule has 2 rings (SSSR count). The number of methoxy groups -OCH3 is 1. The summed E-state index contributed by atoms with van der Waals surface area (Å²) >= 11 is 5.64. The molecule has 1 N–H and O–H groups in total. The van der Waals surface area contributed by atoms with Crippen LogP contribution >= 0.6 is 11.6 Å². The quantitative estimate of drug-likeness (QED) is 0.895. The lowest BCUT2D eigenvalue weighted by molar-refractivity contribution is 0.412. The summed E-state index contributed by atoms with van der Waals surface area (Å²) in [6, 6.07) is 10.6.